The topological polar surface area (TPSA) is 41.0 Å². The molecule has 0 amide bonds. The van der Waals surface area contributed by atoms with Crippen LogP contribution in [0.4, 0.5) is 5.82 Å². The van der Waals surface area contributed by atoms with Crippen LogP contribution in [0.2, 0.25) is 5.15 Å². The van der Waals surface area contributed by atoms with Gasteiger partial charge >= 0.3 is 0 Å². The lowest BCUT2D eigenvalue weighted by Crippen LogP contribution is -2.20. The predicted octanol–water partition coefficient (Wildman–Crippen LogP) is 1.90. The monoisotopic (exact) mass is 212 g/mol. The first-order valence-electron chi connectivity index (χ1n) is 4.63. The molecule has 0 bridgehead atoms. The third-order valence-electron chi connectivity index (χ3n) is 1.99. The van der Waals surface area contributed by atoms with Crippen LogP contribution < -0.4 is 5.43 Å². The Morgan fingerprint density at radius 2 is 2.14 bits per heavy atom. The Morgan fingerprint density at radius 1 is 1.43 bits per heavy atom. The molecule has 2 rings (SSSR count). The summed E-state index contributed by atoms with van der Waals surface area (Å²) in [5, 5.41) is 2.33. The summed E-state index contributed by atoms with van der Waals surface area (Å²) in [5.41, 5.74) is 3.07. The molecule has 0 saturated heterocycles. The number of halogens is 1. The van der Waals surface area contributed by atoms with Crippen molar-refractivity contribution in [1.29, 1.82) is 0 Å². The van der Waals surface area contributed by atoms with Gasteiger partial charge in [0.25, 0.3) is 0 Å². The van der Waals surface area contributed by atoms with Gasteiger partial charge in [-0.3, -0.25) is 0 Å². The maximum atomic E-state index is 5.90. The summed E-state index contributed by atoms with van der Waals surface area (Å²) in [6.45, 7) is 0. The largest absolute Gasteiger partial charge is 0.303 e. The molecule has 0 aliphatic heterocycles. The van der Waals surface area contributed by atoms with Gasteiger partial charge in [0.05, 0.1) is 0 Å². The lowest BCUT2D eigenvalue weighted by Gasteiger charge is -2.13. The van der Waals surface area contributed by atoms with Gasteiger partial charge in [-0.25, -0.2) is 15.0 Å². The van der Waals surface area contributed by atoms with E-state index in [1.807, 2.05) is 19.1 Å². The lowest BCUT2D eigenvalue weighted by atomic mass is 10.4. The SMILES string of the molecule is CN(C)Nc1cc(Cl)nc(C2CC2)n1. The Kier molecular flexibility index (Phi) is 2.56. The van der Waals surface area contributed by atoms with Crippen molar-refractivity contribution in [1.82, 2.24) is 15.0 Å². The molecule has 1 fully saturated rings. The van der Waals surface area contributed by atoms with E-state index in [0.717, 1.165) is 11.6 Å². The third-order valence-corrected chi connectivity index (χ3v) is 2.19. The Hall–Kier alpha value is -0.870. The van der Waals surface area contributed by atoms with E-state index in [4.69, 9.17) is 11.6 Å². The van der Waals surface area contributed by atoms with E-state index in [0.29, 0.717) is 11.1 Å². The fourth-order valence-corrected chi connectivity index (χ4v) is 1.44. The summed E-state index contributed by atoms with van der Waals surface area (Å²) < 4.78 is 0. The minimum Gasteiger partial charge on any atom is -0.303 e. The number of anilines is 1. The van der Waals surface area contributed by atoms with Crippen LogP contribution in [0, 0.1) is 0 Å². The van der Waals surface area contributed by atoms with Gasteiger partial charge in [0, 0.05) is 26.1 Å². The van der Waals surface area contributed by atoms with Crippen molar-refractivity contribution < 1.29 is 0 Å². The molecule has 1 saturated carbocycles. The van der Waals surface area contributed by atoms with Crippen LogP contribution in [-0.2, 0) is 0 Å². The number of hydrogen-bond donors (Lipinski definition) is 1. The Bertz CT molecular complexity index is 336. The van der Waals surface area contributed by atoms with E-state index in [9.17, 15) is 0 Å². The number of nitrogens with zero attached hydrogens (tertiary/aromatic N) is 3. The molecular weight excluding hydrogens is 200 g/mol. The minimum absolute atomic E-state index is 0.506. The van der Waals surface area contributed by atoms with Gasteiger partial charge in [-0.1, -0.05) is 11.6 Å². The molecule has 0 radical (unpaired) electrons. The van der Waals surface area contributed by atoms with Crippen LogP contribution in [0.15, 0.2) is 6.07 Å². The van der Waals surface area contributed by atoms with Crippen LogP contribution in [0.5, 0.6) is 0 Å². The number of hydrazine groups is 1. The molecule has 1 aromatic heterocycles. The second-order valence-corrected chi connectivity index (χ2v) is 4.10. The zero-order chi connectivity index (χ0) is 10.1. The molecule has 1 N–H and O–H groups in total. The molecule has 14 heavy (non-hydrogen) atoms. The highest BCUT2D eigenvalue weighted by molar-refractivity contribution is 6.29. The van der Waals surface area contributed by atoms with Crippen LogP contribution in [0.25, 0.3) is 0 Å². The van der Waals surface area contributed by atoms with Crippen LogP contribution in [0.3, 0.4) is 0 Å². The highest BCUT2D eigenvalue weighted by Crippen LogP contribution is 2.38. The van der Waals surface area contributed by atoms with E-state index in [1.54, 1.807) is 6.07 Å². The van der Waals surface area contributed by atoms with Crippen LogP contribution in [0.1, 0.15) is 24.6 Å². The highest BCUT2D eigenvalue weighted by Gasteiger charge is 2.27. The second kappa shape index (κ2) is 3.71. The molecule has 1 aromatic rings. The summed E-state index contributed by atoms with van der Waals surface area (Å²) in [7, 11) is 3.82. The van der Waals surface area contributed by atoms with E-state index in [2.05, 4.69) is 15.4 Å². The van der Waals surface area contributed by atoms with E-state index >= 15 is 0 Å². The average molecular weight is 213 g/mol. The summed E-state index contributed by atoms with van der Waals surface area (Å²) >= 11 is 5.90. The molecule has 1 heterocycles. The third kappa shape index (κ3) is 2.33. The van der Waals surface area contributed by atoms with Crippen molar-refractivity contribution in [3.63, 3.8) is 0 Å². The molecular formula is C9H13ClN4. The van der Waals surface area contributed by atoms with Crippen molar-refractivity contribution >= 4 is 17.4 Å². The molecule has 4 nitrogen and oxygen atoms in total. The van der Waals surface area contributed by atoms with Gasteiger partial charge in [-0.05, 0) is 12.8 Å². The van der Waals surface area contributed by atoms with E-state index < -0.39 is 0 Å². The number of hydrogen-bond acceptors (Lipinski definition) is 4. The first-order chi connectivity index (χ1) is 6.65. The van der Waals surface area contributed by atoms with Gasteiger partial charge in [0.2, 0.25) is 0 Å². The zero-order valence-electron chi connectivity index (χ0n) is 8.29. The first-order valence-corrected chi connectivity index (χ1v) is 5.01. The molecule has 1 aliphatic rings. The summed E-state index contributed by atoms with van der Waals surface area (Å²) in [5.74, 6) is 2.15. The summed E-state index contributed by atoms with van der Waals surface area (Å²) in [4.78, 5) is 8.59. The normalized spacial score (nSPS) is 16.0. The molecule has 0 spiro atoms. The molecule has 0 unspecified atom stereocenters. The fourth-order valence-electron chi connectivity index (χ4n) is 1.25. The molecule has 5 heteroatoms. The smallest absolute Gasteiger partial charge is 0.145 e. The fraction of sp³-hybridized carbons (Fsp3) is 0.556. The number of nitrogens with one attached hydrogen (secondary N) is 1. The maximum Gasteiger partial charge on any atom is 0.145 e. The van der Waals surface area contributed by atoms with Gasteiger partial charge in [-0.2, -0.15) is 0 Å². The average Bonchev–Trinajstić information content (AvgIpc) is 2.82. The van der Waals surface area contributed by atoms with Crippen molar-refractivity contribution in [2.24, 2.45) is 0 Å². The van der Waals surface area contributed by atoms with Gasteiger partial charge in [0.15, 0.2) is 0 Å². The highest BCUT2D eigenvalue weighted by atomic mass is 35.5. The van der Waals surface area contributed by atoms with Crippen LogP contribution >= 0.6 is 11.6 Å². The lowest BCUT2D eigenvalue weighted by molar-refractivity contribution is 0.491. The van der Waals surface area contributed by atoms with E-state index in [-0.39, 0.29) is 0 Å². The number of aromatic nitrogens is 2. The van der Waals surface area contributed by atoms with Crippen molar-refractivity contribution in [3.8, 4) is 0 Å². The van der Waals surface area contributed by atoms with Crippen LogP contribution in [-0.4, -0.2) is 29.1 Å². The Labute approximate surface area is 88.3 Å². The Morgan fingerprint density at radius 3 is 2.71 bits per heavy atom. The predicted molar refractivity (Wildman–Crippen MR) is 56.3 cm³/mol. The van der Waals surface area contributed by atoms with Crippen molar-refractivity contribution in [3.05, 3.63) is 17.0 Å². The molecule has 1 aliphatic carbocycles. The van der Waals surface area contributed by atoms with Gasteiger partial charge in [0.1, 0.15) is 16.8 Å². The summed E-state index contributed by atoms with van der Waals surface area (Å²) in [6.07, 6.45) is 2.36. The van der Waals surface area contributed by atoms with Gasteiger partial charge < -0.3 is 5.43 Å². The molecule has 0 atom stereocenters. The summed E-state index contributed by atoms with van der Waals surface area (Å²) in [6, 6.07) is 1.73. The molecule has 0 aromatic carbocycles. The maximum absolute atomic E-state index is 5.90. The number of rotatable bonds is 3. The van der Waals surface area contributed by atoms with E-state index in [1.165, 1.54) is 12.8 Å². The quantitative estimate of drug-likeness (QED) is 0.614. The minimum atomic E-state index is 0.506. The van der Waals surface area contributed by atoms with Gasteiger partial charge in [-0.15, -0.1) is 0 Å². The standard InChI is InChI=1S/C9H13ClN4/c1-14(2)13-8-5-7(10)11-9(12-8)6-3-4-6/h5-6H,3-4H2,1-2H3,(H,11,12,13). The Balaban J connectivity index is 2.22. The molecule has 76 valence electrons. The van der Waals surface area contributed by atoms with Crippen molar-refractivity contribution in [2.45, 2.75) is 18.8 Å². The van der Waals surface area contributed by atoms with Crippen molar-refractivity contribution in [2.75, 3.05) is 19.5 Å². The first kappa shape index (κ1) is 9.68. The second-order valence-electron chi connectivity index (χ2n) is 3.71. The zero-order valence-corrected chi connectivity index (χ0v) is 9.04.